The van der Waals surface area contributed by atoms with Crippen molar-refractivity contribution in [2.45, 2.75) is 25.3 Å². The van der Waals surface area contributed by atoms with Crippen molar-refractivity contribution in [2.75, 3.05) is 12.3 Å². The molecule has 0 radical (unpaired) electrons. The molecule has 0 saturated heterocycles. The van der Waals surface area contributed by atoms with E-state index in [0.717, 1.165) is 19.3 Å². The van der Waals surface area contributed by atoms with E-state index in [2.05, 4.69) is 5.32 Å². The van der Waals surface area contributed by atoms with Gasteiger partial charge in [-0.3, -0.25) is 4.79 Å². The summed E-state index contributed by atoms with van der Waals surface area (Å²) in [5.74, 6) is -0.983. The molecule has 2 atom stereocenters. The molecule has 4 nitrogen and oxygen atoms in total. The van der Waals surface area contributed by atoms with Crippen molar-refractivity contribution in [3.05, 3.63) is 29.6 Å². The fourth-order valence-electron chi connectivity index (χ4n) is 2.41. The van der Waals surface area contributed by atoms with E-state index >= 15 is 0 Å². The number of nitrogens with two attached hydrogens (primary N) is 1. The normalized spacial score (nSPS) is 23.0. The van der Waals surface area contributed by atoms with Gasteiger partial charge in [0.05, 0.1) is 5.56 Å². The quantitative estimate of drug-likeness (QED) is 0.710. The van der Waals surface area contributed by atoms with Crippen molar-refractivity contribution < 1.29 is 14.3 Å². The fourth-order valence-corrected chi connectivity index (χ4v) is 2.41. The average molecular weight is 252 g/mol. The van der Waals surface area contributed by atoms with E-state index in [-0.39, 0.29) is 24.1 Å². The third kappa shape index (κ3) is 2.61. The summed E-state index contributed by atoms with van der Waals surface area (Å²) in [6, 6.07) is 3.84. The van der Waals surface area contributed by atoms with Crippen molar-refractivity contribution in [3.8, 4) is 0 Å². The lowest BCUT2D eigenvalue weighted by Crippen LogP contribution is -2.38. The van der Waals surface area contributed by atoms with E-state index in [0.29, 0.717) is 5.69 Å². The highest BCUT2D eigenvalue weighted by molar-refractivity contribution is 5.95. The Morgan fingerprint density at radius 1 is 1.50 bits per heavy atom. The molecule has 1 amide bonds. The Labute approximate surface area is 105 Å². The highest BCUT2D eigenvalue weighted by atomic mass is 19.1. The van der Waals surface area contributed by atoms with Crippen molar-refractivity contribution in [1.29, 1.82) is 0 Å². The Morgan fingerprint density at radius 3 is 3.00 bits per heavy atom. The molecule has 1 fully saturated rings. The molecule has 0 aromatic heterocycles. The molecule has 0 spiro atoms. The highest BCUT2D eigenvalue weighted by Crippen LogP contribution is 2.25. The first kappa shape index (κ1) is 12.8. The van der Waals surface area contributed by atoms with Crippen LogP contribution in [0.15, 0.2) is 18.2 Å². The van der Waals surface area contributed by atoms with Gasteiger partial charge >= 0.3 is 0 Å². The molecule has 18 heavy (non-hydrogen) atoms. The molecule has 5 heteroatoms. The standard InChI is InChI=1S/C13H17FN2O2/c14-11-5-4-9(15)6-10(11)13(18)16-12-3-1-2-8(12)7-17/h4-6,8,12,17H,1-3,7,15H2,(H,16,18). The predicted octanol–water partition coefficient (Wildman–Crippen LogP) is 1.30. The number of hydrogen-bond acceptors (Lipinski definition) is 3. The van der Waals surface area contributed by atoms with Crippen LogP contribution in [0.25, 0.3) is 0 Å². The van der Waals surface area contributed by atoms with E-state index in [1.54, 1.807) is 0 Å². The summed E-state index contributed by atoms with van der Waals surface area (Å²) in [7, 11) is 0. The monoisotopic (exact) mass is 252 g/mol. The number of aliphatic hydroxyl groups is 1. The topological polar surface area (TPSA) is 75.4 Å². The first-order chi connectivity index (χ1) is 8.61. The van der Waals surface area contributed by atoms with Crippen LogP contribution in [0.5, 0.6) is 0 Å². The second kappa shape index (κ2) is 5.35. The third-order valence-corrected chi connectivity index (χ3v) is 3.45. The molecule has 2 rings (SSSR count). The number of anilines is 1. The van der Waals surface area contributed by atoms with Crippen LogP contribution in [0, 0.1) is 11.7 Å². The van der Waals surface area contributed by atoms with Gasteiger partial charge in [-0.2, -0.15) is 0 Å². The van der Waals surface area contributed by atoms with Crippen molar-refractivity contribution in [1.82, 2.24) is 5.32 Å². The molecule has 0 aliphatic heterocycles. The van der Waals surface area contributed by atoms with Gasteiger partial charge in [-0.1, -0.05) is 6.42 Å². The Kier molecular flexibility index (Phi) is 3.81. The zero-order valence-electron chi connectivity index (χ0n) is 10.0. The van der Waals surface area contributed by atoms with E-state index in [1.807, 2.05) is 0 Å². The van der Waals surface area contributed by atoms with E-state index in [9.17, 15) is 14.3 Å². The number of halogens is 1. The van der Waals surface area contributed by atoms with Crippen LogP contribution in [-0.2, 0) is 0 Å². The van der Waals surface area contributed by atoms with E-state index in [1.165, 1.54) is 18.2 Å². The molecule has 1 aliphatic carbocycles. The molecular weight excluding hydrogens is 235 g/mol. The van der Waals surface area contributed by atoms with Gasteiger partial charge in [-0.05, 0) is 31.0 Å². The van der Waals surface area contributed by atoms with Gasteiger partial charge in [0.15, 0.2) is 0 Å². The SMILES string of the molecule is Nc1ccc(F)c(C(=O)NC2CCCC2CO)c1. The molecule has 98 valence electrons. The molecular formula is C13H17FN2O2. The minimum absolute atomic E-state index is 0.0430. The number of hydrogen-bond donors (Lipinski definition) is 3. The Bertz CT molecular complexity index is 451. The summed E-state index contributed by atoms with van der Waals surface area (Å²) in [5, 5.41) is 11.9. The fraction of sp³-hybridized carbons (Fsp3) is 0.462. The van der Waals surface area contributed by atoms with Gasteiger partial charge in [-0.25, -0.2) is 4.39 Å². The number of nitrogen functional groups attached to an aromatic ring is 1. The van der Waals surface area contributed by atoms with Crippen LogP contribution in [0.3, 0.4) is 0 Å². The summed E-state index contributed by atoms with van der Waals surface area (Å²) in [6.07, 6.45) is 2.68. The van der Waals surface area contributed by atoms with Crippen molar-refractivity contribution >= 4 is 11.6 Å². The maximum absolute atomic E-state index is 13.5. The zero-order valence-corrected chi connectivity index (χ0v) is 10.0. The molecule has 2 unspecified atom stereocenters. The smallest absolute Gasteiger partial charge is 0.254 e. The van der Waals surface area contributed by atoms with Crippen LogP contribution in [-0.4, -0.2) is 23.7 Å². The van der Waals surface area contributed by atoms with Crippen LogP contribution >= 0.6 is 0 Å². The third-order valence-electron chi connectivity index (χ3n) is 3.45. The summed E-state index contributed by atoms with van der Waals surface area (Å²) < 4.78 is 13.5. The Morgan fingerprint density at radius 2 is 2.28 bits per heavy atom. The molecule has 0 bridgehead atoms. The Balaban J connectivity index is 2.09. The lowest BCUT2D eigenvalue weighted by atomic mass is 10.0. The second-order valence-corrected chi connectivity index (χ2v) is 4.69. The van der Waals surface area contributed by atoms with Crippen LogP contribution < -0.4 is 11.1 Å². The number of carbonyl (C=O) groups excluding carboxylic acids is 1. The summed E-state index contributed by atoms with van der Waals surface area (Å²) in [5.41, 5.74) is 5.85. The van der Waals surface area contributed by atoms with Gasteiger partial charge in [0, 0.05) is 24.3 Å². The number of carbonyl (C=O) groups is 1. The lowest BCUT2D eigenvalue weighted by molar-refractivity contribution is 0.0912. The van der Waals surface area contributed by atoms with Crippen molar-refractivity contribution in [2.24, 2.45) is 5.92 Å². The van der Waals surface area contributed by atoms with Gasteiger partial charge < -0.3 is 16.2 Å². The average Bonchev–Trinajstić information content (AvgIpc) is 2.79. The molecule has 1 aromatic rings. The zero-order chi connectivity index (χ0) is 13.1. The number of rotatable bonds is 3. The van der Waals surface area contributed by atoms with Gasteiger partial charge in [0.1, 0.15) is 5.82 Å². The molecule has 1 saturated carbocycles. The van der Waals surface area contributed by atoms with Crippen LogP contribution in [0.1, 0.15) is 29.6 Å². The second-order valence-electron chi connectivity index (χ2n) is 4.69. The first-order valence-electron chi connectivity index (χ1n) is 6.08. The maximum Gasteiger partial charge on any atom is 0.254 e. The largest absolute Gasteiger partial charge is 0.399 e. The molecule has 0 heterocycles. The molecule has 1 aromatic carbocycles. The highest BCUT2D eigenvalue weighted by Gasteiger charge is 2.28. The molecule has 1 aliphatic rings. The lowest BCUT2D eigenvalue weighted by Gasteiger charge is -2.19. The van der Waals surface area contributed by atoms with Gasteiger partial charge in [0.25, 0.3) is 5.91 Å². The van der Waals surface area contributed by atoms with Crippen LogP contribution in [0.2, 0.25) is 0 Å². The number of amides is 1. The summed E-state index contributed by atoms with van der Waals surface area (Å²) >= 11 is 0. The number of benzene rings is 1. The molecule has 4 N–H and O–H groups in total. The maximum atomic E-state index is 13.5. The van der Waals surface area contributed by atoms with Crippen molar-refractivity contribution in [3.63, 3.8) is 0 Å². The minimum Gasteiger partial charge on any atom is -0.399 e. The van der Waals surface area contributed by atoms with Crippen LogP contribution in [0.4, 0.5) is 10.1 Å². The van der Waals surface area contributed by atoms with Gasteiger partial charge in [0.2, 0.25) is 0 Å². The first-order valence-corrected chi connectivity index (χ1v) is 6.08. The number of aliphatic hydroxyl groups excluding tert-OH is 1. The Hall–Kier alpha value is -1.62. The number of nitrogens with one attached hydrogen (secondary N) is 1. The van der Waals surface area contributed by atoms with E-state index in [4.69, 9.17) is 5.73 Å². The van der Waals surface area contributed by atoms with Gasteiger partial charge in [-0.15, -0.1) is 0 Å². The van der Waals surface area contributed by atoms with E-state index < -0.39 is 11.7 Å². The summed E-state index contributed by atoms with van der Waals surface area (Å²) in [6.45, 7) is 0.0460. The predicted molar refractivity (Wildman–Crippen MR) is 66.5 cm³/mol. The summed E-state index contributed by atoms with van der Waals surface area (Å²) in [4.78, 5) is 11.9. The minimum atomic E-state index is -0.583.